The number of carbonyl (C=O) groups is 1. The van der Waals surface area contributed by atoms with Crippen LogP contribution in [-0.2, 0) is 0 Å². The third kappa shape index (κ3) is 1.79. The van der Waals surface area contributed by atoms with Gasteiger partial charge in [-0.15, -0.1) is 11.3 Å². The summed E-state index contributed by atoms with van der Waals surface area (Å²) in [5.41, 5.74) is 0.879. The Hall–Kier alpha value is -0.540. The topological polar surface area (TPSA) is 29.4 Å². The molecule has 1 heterocycles. The van der Waals surface area contributed by atoms with Gasteiger partial charge in [0.25, 0.3) is 5.91 Å². The summed E-state index contributed by atoms with van der Waals surface area (Å²) in [5, 5.41) is 4.27. The first-order valence-corrected chi connectivity index (χ1v) is 4.69. The second kappa shape index (κ2) is 3.92. The van der Waals surface area contributed by atoms with Crippen LogP contribution in [0.2, 0.25) is 5.02 Å². The molecule has 0 saturated heterocycles. The van der Waals surface area contributed by atoms with E-state index in [9.17, 15) is 4.79 Å². The lowest BCUT2D eigenvalue weighted by atomic mass is 10.3. The maximum atomic E-state index is 11.1. The van der Waals surface area contributed by atoms with Gasteiger partial charge in [-0.1, -0.05) is 11.6 Å². The molecule has 1 rings (SSSR count). The van der Waals surface area contributed by atoms with Crippen molar-refractivity contribution in [3.8, 4) is 0 Å². The Kier molecular flexibility index (Phi) is 3.12. The van der Waals surface area contributed by atoms with Crippen molar-refractivity contribution in [3.63, 3.8) is 0 Å². The number of thiocarbonyl (C=S) groups is 1. The molecule has 0 radical (unpaired) electrons. The fraction of sp³-hybridized carbons (Fsp3) is 0.143. The molecule has 0 aromatic carbocycles. The van der Waals surface area contributed by atoms with Crippen LogP contribution in [0.25, 0.3) is 0 Å². The van der Waals surface area contributed by atoms with Crippen LogP contribution in [0.3, 0.4) is 0 Å². The molecule has 2 nitrogen and oxygen atoms in total. The molecule has 0 saturated carbocycles. The van der Waals surface area contributed by atoms with Gasteiger partial charge in [-0.2, -0.15) is 4.99 Å². The summed E-state index contributed by atoms with van der Waals surface area (Å²) < 4.78 is 0. The SMILES string of the molecule is Cc1csc(C(=O)N=C=S)c1Cl. The second-order valence-corrected chi connectivity index (χ2v) is 3.51. The fourth-order valence-corrected chi connectivity index (χ4v) is 1.91. The first-order valence-electron chi connectivity index (χ1n) is 3.02. The monoisotopic (exact) mass is 217 g/mol. The first-order chi connectivity index (χ1) is 5.66. The van der Waals surface area contributed by atoms with E-state index in [1.165, 1.54) is 11.3 Å². The van der Waals surface area contributed by atoms with E-state index in [0.717, 1.165) is 5.56 Å². The van der Waals surface area contributed by atoms with Gasteiger partial charge < -0.3 is 0 Å². The van der Waals surface area contributed by atoms with Gasteiger partial charge in [-0.25, -0.2) is 0 Å². The summed E-state index contributed by atoms with van der Waals surface area (Å²) in [6, 6.07) is 0. The van der Waals surface area contributed by atoms with Crippen LogP contribution in [0, 0.1) is 6.92 Å². The van der Waals surface area contributed by atoms with Crippen molar-refractivity contribution in [2.75, 3.05) is 0 Å². The highest BCUT2D eigenvalue weighted by atomic mass is 35.5. The Morgan fingerprint density at radius 3 is 2.92 bits per heavy atom. The van der Waals surface area contributed by atoms with Crippen molar-refractivity contribution in [1.29, 1.82) is 0 Å². The Balaban J connectivity index is 3.11. The number of aliphatic imine (C=N–C) groups is 1. The number of hydrogen-bond donors (Lipinski definition) is 0. The zero-order chi connectivity index (χ0) is 9.14. The maximum absolute atomic E-state index is 11.1. The predicted molar refractivity (Wildman–Crippen MR) is 53.4 cm³/mol. The summed E-state index contributed by atoms with van der Waals surface area (Å²) >= 11 is 11.4. The molecule has 0 atom stereocenters. The summed E-state index contributed by atoms with van der Waals surface area (Å²) in [7, 11) is 0. The first kappa shape index (κ1) is 9.55. The van der Waals surface area contributed by atoms with Gasteiger partial charge >= 0.3 is 0 Å². The number of amides is 1. The zero-order valence-electron chi connectivity index (χ0n) is 6.13. The fourth-order valence-electron chi connectivity index (χ4n) is 0.666. The number of carbonyl (C=O) groups excluding carboxylic acids is 1. The van der Waals surface area contributed by atoms with Crippen molar-refractivity contribution in [2.45, 2.75) is 6.92 Å². The molecule has 1 aromatic rings. The molecule has 0 unspecified atom stereocenters. The average molecular weight is 218 g/mol. The molecule has 0 N–H and O–H groups in total. The van der Waals surface area contributed by atoms with Crippen molar-refractivity contribution >= 4 is 46.2 Å². The number of hydrogen-bond acceptors (Lipinski definition) is 3. The van der Waals surface area contributed by atoms with Gasteiger partial charge in [0, 0.05) is 0 Å². The minimum atomic E-state index is -0.423. The molecule has 0 aliphatic carbocycles. The van der Waals surface area contributed by atoms with Crippen molar-refractivity contribution in [2.24, 2.45) is 4.99 Å². The number of aryl methyl sites for hydroxylation is 1. The Bertz CT molecular complexity index is 365. The van der Waals surface area contributed by atoms with Crippen molar-refractivity contribution < 1.29 is 4.79 Å². The maximum Gasteiger partial charge on any atom is 0.297 e. The van der Waals surface area contributed by atoms with Crippen molar-refractivity contribution in [3.05, 3.63) is 20.8 Å². The molecule has 0 bridgehead atoms. The van der Waals surface area contributed by atoms with Gasteiger partial charge in [0.1, 0.15) is 4.88 Å². The summed E-state index contributed by atoms with van der Waals surface area (Å²) in [6.45, 7) is 1.83. The van der Waals surface area contributed by atoms with Gasteiger partial charge in [0.05, 0.1) is 10.2 Å². The predicted octanol–water partition coefficient (Wildman–Crippen LogP) is 2.95. The molecule has 0 spiro atoms. The van der Waals surface area contributed by atoms with E-state index in [1.54, 1.807) is 5.38 Å². The molecule has 0 fully saturated rings. The van der Waals surface area contributed by atoms with E-state index in [-0.39, 0.29) is 0 Å². The molecule has 1 aromatic heterocycles. The van der Waals surface area contributed by atoms with Crippen LogP contribution in [0.1, 0.15) is 15.2 Å². The molecule has 0 aliphatic rings. The highest BCUT2D eigenvalue weighted by molar-refractivity contribution is 7.78. The lowest BCUT2D eigenvalue weighted by molar-refractivity contribution is 0.101. The van der Waals surface area contributed by atoms with E-state index >= 15 is 0 Å². The van der Waals surface area contributed by atoms with Gasteiger partial charge in [0.2, 0.25) is 0 Å². The minimum absolute atomic E-state index is 0.423. The number of isothiocyanates is 1. The standard InChI is InChI=1S/C7H4ClNOS2/c1-4-2-12-6(5(4)8)7(10)9-3-11/h2H,1H3. The summed E-state index contributed by atoms with van der Waals surface area (Å²) in [4.78, 5) is 14.9. The Morgan fingerprint density at radius 2 is 2.50 bits per heavy atom. The smallest absolute Gasteiger partial charge is 0.265 e. The number of halogens is 1. The lowest BCUT2D eigenvalue weighted by Crippen LogP contribution is -1.90. The summed E-state index contributed by atoms with van der Waals surface area (Å²) in [6.07, 6.45) is 0. The van der Waals surface area contributed by atoms with Gasteiger partial charge in [-0.05, 0) is 30.1 Å². The van der Waals surface area contributed by atoms with E-state index in [1.807, 2.05) is 12.1 Å². The van der Waals surface area contributed by atoms with Crippen LogP contribution in [-0.4, -0.2) is 11.1 Å². The average Bonchev–Trinajstić information content (AvgIpc) is 2.34. The highest BCUT2D eigenvalue weighted by Gasteiger charge is 2.12. The molecule has 0 aliphatic heterocycles. The number of thiophene rings is 1. The van der Waals surface area contributed by atoms with E-state index < -0.39 is 5.91 Å². The largest absolute Gasteiger partial charge is 0.297 e. The number of nitrogens with zero attached hydrogens (tertiary/aromatic N) is 1. The third-order valence-corrected chi connectivity index (χ3v) is 3.02. The minimum Gasteiger partial charge on any atom is -0.265 e. The quantitative estimate of drug-likeness (QED) is 0.535. The Morgan fingerprint density at radius 1 is 1.83 bits per heavy atom. The third-order valence-electron chi connectivity index (χ3n) is 1.24. The van der Waals surface area contributed by atoms with Gasteiger partial charge in [0.15, 0.2) is 0 Å². The molecule has 1 amide bonds. The normalized spacial score (nSPS) is 9.17. The van der Waals surface area contributed by atoms with Gasteiger partial charge in [-0.3, -0.25) is 4.79 Å². The highest BCUT2D eigenvalue weighted by Crippen LogP contribution is 2.27. The van der Waals surface area contributed by atoms with Crippen LogP contribution in [0.15, 0.2) is 10.4 Å². The van der Waals surface area contributed by atoms with E-state index in [0.29, 0.717) is 9.90 Å². The Labute approximate surface area is 83.9 Å². The number of rotatable bonds is 1. The molecule has 62 valence electrons. The molecule has 5 heteroatoms. The second-order valence-electron chi connectivity index (χ2n) is 2.07. The van der Waals surface area contributed by atoms with Crippen molar-refractivity contribution in [1.82, 2.24) is 0 Å². The summed E-state index contributed by atoms with van der Waals surface area (Å²) in [5.74, 6) is -0.423. The molecule has 12 heavy (non-hydrogen) atoms. The molecular weight excluding hydrogens is 214 g/mol. The van der Waals surface area contributed by atoms with Crippen LogP contribution < -0.4 is 0 Å². The molecular formula is C7H4ClNOS2. The van der Waals surface area contributed by atoms with E-state index in [2.05, 4.69) is 17.2 Å². The van der Waals surface area contributed by atoms with E-state index in [4.69, 9.17) is 11.6 Å². The van der Waals surface area contributed by atoms with Crippen LogP contribution in [0.5, 0.6) is 0 Å². The lowest BCUT2D eigenvalue weighted by Gasteiger charge is -1.88. The van der Waals surface area contributed by atoms with Crippen LogP contribution in [0.4, 0.5) is 0 Å². The zero-order valence-corrected chi connectivity index (χ0v) is 8.52. The van der Waals surface area contributed by atoms with Crippen LogP contribution >= 0.6 is 35.2 Å².